The van der Waals surface area contributed by atoms with Gasteiger partial charge in [0, 0.05) is 29.4 Å². The molecule has 1 aromatic carbocycles. The van der Waals surface area contributed by atoms with Gasteiger partial charge < -0.3 is 0 Å². The van der Waals surface area contributed by atoms with Crippen LogP contribution in [0.4, 0.5) is 0 Å². The van der Waals surface area contributed by atoms with Gasteiger partial charge in [-0.1, -0.05) is 18.2 Å². The summed E-state index contributed by atoms with van der Waals surface area (Å²) in [6, 6.07) is 7.58. The SMILES string of the molecule is CC(=O)c1cccc(-c2cnc(C3CC3)nc2)c1. The minimum atomic E-state index is 0.0763. The number of hydrogen-bond donors (Lipinski definition) is 0. The summed E-state index contributed by atoms with van der Waals surface area (Å²) < 4.78 is 0. The molecule has 0 saturated heterocycles. The van der Waals surface area contributed by atoms with E-state index in [9.17, 15) is 4.79 Å². The minimum Gasteiger partial charge on any atom is -0.295 e. The fraction of sp³-hybridized carbons (Fsp3) is 0.267. The van der Waals surface area contributed by atoms with Crippen molar-refractivity contribution in [2.75, 3.05) is 0 Å². The first-order valence-corrected chi connectivity index (χ1v) is 6.17. The average molecular weight is 238 g/mol. The minimum absolute atomic E-state index is 0.0763. The fourth-order valence-electron chi connectivity index (χ4n) is 1.96. The molecule has 1 heterocycles. The van der Waals surface area contributed by atoms with Gasteiger partial charge >= 0.3 is 0 Å². The van der Waals surface area contributed by atoms with Crippen LogP contribution < -0.4 is 0 Å². The average Bonchev–Trinajstić information content (AvgIpc) is 3.23. The smallest absolute Gasteiger partial charge is 0.159 e. The molecule has 0 N–H and O–H groups in total. The normalized spacial score (nSPS) is 14.5. The van der Waals surface area contributed by atoms with Crippen LogP contribution in [0.1, 0.15) is 41.9 Å². The van der Waals surface area contributed by atoms with Crippen molar-refractivity contribution in [3.05, 3.63) is 48.0 Å². The molecule has 2 aromatic rings. The first-order chi connectivity index (χ1) is 8.74. The maximum atomic E-state index is 11.3. The lowest BCUT2D eigenvalue weighted by atomic mass is 10.0. The van der Waals surface area contributed by atoms with Crippen molar-refractivity contribution in [3.8, 4) is 11.1 Å². The number of nitrogens with zero attached hydrogens (tertiary/aromatic N) is 2. The lowest BCUT2D eigenvalue weighted by Gasteiger charge is -2.03. The maximum absolute atomic E-state index is 11.3. The summed E-state index contributed by atoms with van der Waals surface area (Å²) in [5.41, 5.74) is 2.67. The predicted molar refractivity (Wildman–Crippen MR) is 69.4 cm³/mol. The van der Waals surface area contributed by atoms with E-state index in [0.717, 1.165) is 22.5 Å². The quantitative estimate of drug-likeness (QED) is 0.771. The topological polar surface area (TPSA) is 42.9 Å². The van der Waals surface area contributed by atoms with Crippen molar-refractivity contribution in [2.45, 2.75) is 25.7 Å². The molecule has 0 spiro atoms. The Bertz CT molecular complexity index is 586. The zero-order valence-electron chi connectivity index (χ0n) is 10.3. The highest BCUT2D eigenvalue weighted by molar-refractivity contribution is 5.95. The summed E-state index contributed by atoms with van der Waals surface area (Å²) >= 11 is 0. The zero-order chi connectivity index (χ0) is 12.5. The third-order valence-corrected chi connectivity index (χ3v) is 3.22. The molecule has 3 nitrogen and oxygen atoms in total. The largest absolute Gasteiger partial charge is 0.295 e. The second-order valence-corrected chi connectivity index (χ2v) is 4.74. The van der Waals surface area contributed by atoms with Gasteiger partial charge in [-0.2, -0.15) is 0 Å². The molecule has 0 radical (unpaired) electrons. The van der Waals surface area contributed by atoms with Crippen LogP contribution in [0.2, 0.25) is 0 Å². The third-order valence-electron chi connectivity index (χ3n) is 3.22. The molecule has 3 heteroatoms. The maximum Gasteiger partial charge on any atom is 0.159 e. The number of carbonyl (C=O) groups is 1. The Balaban J connectivity index is 1.93. The summed E-state index contributed by atoms with van der Waals surface area (Å²) in [6.45, 7) is 1.58. The van der Waals surface area contributed by atoms with E-state index in [1.54, 1.807) is 6.92 Å². The van der Waals surface area contributed by atoms with Crippen molar-refractivity contribution in [2.24, 2.45) is 0 Å². The molecule has 18 heavy (non-hydrogen) atoms. The van der Waals surface area contributed by atoms with Crippen molar-refractivity contribution < 1.29 is 4.79 Å². The highest BCUT2D eigenvalue weighted by Crippen LogP contribution is 2.37. The van der Waals surface area contributed by atoms with E-state index in [0.29, 0.717) is 5.92 Å². The zero-order valence-corrected chi connectivity index (χ0v) is 10.3. The molecule has 1 fully saturated rings. The van der Waals surface area contributed by atoms with Gasteiger partial charge in [0.15, 0.2) is 5.78 Å². The van der Waals surface area contributed by atoms with Gasteiger partial charge in [-0.25, -0.2) is 9.97 Å². The van der Waals surface area contributed by atoms with Crippen LogP contribution >= 0.6 is 0 Å². The van der Waals surface area contributed by atoms with Gasteiger partial charge in [0.1, 0.15) is 5.82 Å². The molecular formula is C15H14N2O. The van der Waals surface area contributed by atoms with Gasteiger partial charge in [-0.3, -0.25) is 4.79 Å². The Morgan fingerprint density at radius 2 is 1.89 bits per heavy atom. The van der Waals surface area contributed by atoms with Crippen molar-refractivity contribution in [3.63, 3.8) is 0 Å². The van der Waals surface area contributed by atoms with Gasteiger partial charge in [-0.15, -0.1) is 0 Å². The van der Waals surface area contributed by atoms with E-state index in [1.165, 1.54) is 12.8 Å². The van der Waals surface area contributed by atoms with Crippen LogP contribution in [0.3, 0.4) is 0 Å². The number of rotatable bonds is 3. The number of hydrogen-bond acceptors (Lipinski definition) is 3. The van der Waals surface area contributed by atoms with Crippen LogP contribution in [0.5, 0.6) is 0 Å². The van der Waals surface area contributed by atoms with Crippen molar-refractivity contribution >= 4 is 5.78 Å². The Morgan fingerprint density at radius 3 is 2.50 bits per heavy atom. The van der Waals surface area contributed by atoms with Crippen LogP contribution in [0, 0.1) is 0 Å². The Morgan fingerprint density at radius 1 is 1.17 bits per heavy atom. The van der Waals surface area contributed by atoms with Crippen molar-refractivity contribution in [1.29, 1.82) is 0 Å². The van der Waals surface area contributed by atoms with Crippen LogP contribution in [-0.2, 0) is 0 Å². The molecule has 1 aliphatic carbocycles. The van der Waals surface area contributed by atoms with E-state index >= 15 is 0 Å². The molecule has 1 saturated carbocycles. The summed E-state index contributed by atoms with van der Waals surface area (Å²) in [6.07, 6.45) is 6.11. The highest BCUT2D eigenvalue weighted by atomic mass is 16.1. The van der Waals surface area contributed by atoms with Crippen LogP contribution in [0.15, 0.2) is 36.7 Å². The molecule has 0 bridgehead atoms. The van der Waals surface area contributed by atoms with Gasteiger partial charge in [0.05, 0.1) is 0 Å². The lowest BCUT2D eigenvalue weighted by Crippen LogP contribution is -1.94. The predicted octanol–water partition coefficient (Wildman–Crippen LogP) is 3.22. The second kappa shape index (κ2) is 4.33. The standard InChI is InChI=1S/C15H14N2O/c1-10(18)12-3-2-4-13(7-12)14-8-16-15(17-9-14)11-5-6-11/h2-4,7-9,11H,5-6H2,1H3. The molecule has 0 unspecified atom stereocenters. The molecule has 90 valence electrons. The van der Waals surface area contributed by atoms with E-state index in [4.69, 9.17) is 0 Å². The van der Waals surface area contributed by atoms with Gasteiger partial charge in [-0.05, 0) is 31.4 Å². The first-order valence-electron chi connectivity index (χ1n) is 6.17. The Kier molecular flexibility index (Phi) is 2.67. The number of carbonyl (C=O) groups excluding carboxylic acids is 1. The molecule has 1 aliphatic rings. The molecule has 0 aliphatic heterocycles. The van der Waals surface area contributed by atoms with Crippen LogP contribution in [-0.4, -0.2) is 15.8 Å². The first kappa shape index (κ1) is 11.1. The number of Topliss-reactive ketones (excluding diaryl/α,β-unsaturated/α-hetero) is 1. The molecule has 3 rings (SSSR count). The highest BCUT2D eigenvalue weighted by Gasteiger charge is 2.26. The Labute approximate surface area is 106 Å². The summed E-state index contributed by atoms with van der Waals surface area (Å²) in [5.74, 6) is 1.59. The fourth-order valence-corrected chi connectivity index (χ4v) is 1.96. The van der Waals surface area contributed by atoms with Gasteiger partial charge in [0.2, 0.25) is 0 Å². The lowest BCUT2D eigenvalue weighted by molar-refractivity contribution is 0.101. The summed E-state index contributed by atoms with van der Waals surface area (Å²) in [7, 11) is 0. The van der Waals surface area contributed by atoms with Gasteiger partial charge in [0.25, 0.3) is 0 Å². The second-order valence-electron chi connectivity index (χ2n) is 4.74. The molecule has 1 aromatic heterocycles. The number of benzene rings is 1. The number of aromatic nitrogens is 2. The monoisotopic (exact) mass is 238 g/mol. The van der Waals surface area contributed by atoms with Crippen molar-refractivity contribution in [1.82, 2.24) is 9.97 Å². The summed E-state index contributed by atoms with van der Waals surface area (Å²) in [4.78, 5) is 20.1. The molecular weight excluding hydrogens is 224 g/mol. The number of ketones is 1. The van der Waals surface area contributed by atoms with E-state index in [2.05, 4.69) is 9.97 Å². The van der Waals surface area contributed by atoms with E-state index < -0.39 is 0 Å². The third kappa shape index (κ3) is 2.16. The van der Waals surface area contributed by atoms with Crippen LogP contribution in [0.25, 0.3) is 11.1 Å². The van der Waals surface area contributed by atoms with E-state index in [1.807, 2.05) is 36.7 Å². The summed E-state index contributed by atoms with van der Waals surface area (Å²) in [5, 5.41) is 0. The molecule has 0 amide bonds. The van der Waals surface area contributed by atoms with E-state index in [-0.39, 0.29) is 5.78 Å². The Hall–Kier alpha value is -2.03. The molecule has 0 atom stereocenters.